The Labute approximate surface area is 88.3 Å². The maximum atomic E-state index is 2.33. The average molecular weight is 362 g/mol. The van der Waals surface area contributed by atoms with E-state index in [2.05, 4.69) is 42.5 Å². The molecular weight excluding hydrogens is 353 g/mol. The van der Waals surface area contributed by atoms with Gasteiger partial charge in [0.15, 0.2) is 0 Å². The molecule has 0 amide bonds. The summed E-state index contributed by atoms with van der Waals surface area (Å²) in [7, 11) is 0. The van der Waals surface area contributed by atoms with Gasteiger partial charge in [0.05, 0.1) is 0 Å². The fraction of sp³-hybridized carbons (Fsp3) is 0.0833. The zero-order valence-corrected chi connectivity index (χ0v) is 10.7. The quantitative estimate of drug-likeness (QED) is 0.616. The van der Waals surface area contributed by atoms with Gasteiger partial charge < -0.3 is 0 Å². The fourth-order valence-electron chi connectivity index (χ4n) is 1.86. The van der Waals surface area contributed by atoms with Crippen LogP contribution in [0.1, 0.15) is 6.42 Å². The number of hydrogen-bond acceptors (Lipinski definition) is 0. The minimum absolute atomic E-state index is 0.508. The summed E-state index contributed by atoms with van der Waals surface area (Å²) >= 11 is -0.508. The Morgan fingerprint density at radius 2 is 2.08 bits per heavy atom. The van der Waals surface area contributed by atoms with Gasteiger partial charge in [0, 0.05) is 0 Å². The van der Waals surface area contributed by atoms with Crippen LogP contribution in [-0.4, -0.2) is 22.8 Å². The molecule has 0 spiro atoms. The third-order valence-corrected chi connectivity index (χ3v) is 7.51. The third kappa shape index (κ3) is 1.18. The second-order valence-electron chi connectivity index (χ2n) is 3.29. The second-order valence-corrected chi connectivity index (χ2v) is 7.91. The Balaban J connectivity index is 2.46. The molecule has 13 heavy (non-hydrogen) atoms. The summed E-state index contributed by atoms with van der Waals surface area (Å²) in [6, 6.07) is 8.94. The first kappa shape index (κ1) is 7.82. The van der Waals surface area contributed by atoms with Gasteiger partial charge in [0.1, 0.15) is 0 Å². The van der Waals surface area contributed by atoms with Crippen LogP contribution in [0, 0.1) is 2.85 Å². The molecular formula is C12H9Bi. The van der Waals surface area contributed by atoms with Gasteiger partial charge in [-0.1, -0.05) is 0 Å². The number of fused-ring (bicyclic) bond motifs is 2. The van der Waals surface area contributed by atoms with Crippen molar-refractivity contribution in [2.24, 2.45) is 0 Å². The monoisotopic (exact) mass is 362 g/mol. The second kappa shape index (κ2) is 2.99. The fourth-order valence-corrected chi connectivity index (χ4v) is 6.75. The number of allylic oxidation sites excluding steroid dienone is 4. The summed E-state index contributed by atoms with van der Waals surface area (Å²) in [5.41, 5.74) is 1.62. The molecule has 0 bridgehead atoms. The topological polar surface area (TPSA) is 0 Å². The molecule has 1 heterocycles. The molecule has 1 aromatic rings. The van der Waals surface area contributed by atoms with Crippen molar-refractivity contribution in [3.05, 3.63) is 53.8 Å². The molecule has 0 saturated carbocycles. The molecule has 0 atom stereocenters. The maximum absolute atomic E-state index is 2.33. The molecule has 0 saturated heterocycles. The van der Waals surface area contributed by atoms with Crippen molar-refractivity contribution in [3.8, 4) is 0 Å². The van der Waals surface area contributed by atoms with E-state index in [1.165, 1.54) is 0 Å². The van der Waals surface area contributed by atoms with Gasteiger partial charge in [-0.2, -0.15) is 0 Å². The van der Waals surface area contributed by atoms with Crippen LogP contribution < -0.4 is 5.22 Å². The molecule has 0 radical (unpaired) electrons. The van der Waals surface area contributed by atoms with Crippen LogP contribution >= 0.6 is 0 Å². The molecule has 0 unspecified atom stereocenters. The van der Waals surface area contributed by atoms with Gasteiger partial charge in [0.2, 0.25) is 0 Å². The van der Waals surface area contributed by atoms with Gasteiger partial charge in [-0.3, -0.25) is 0 Å². The first-order valence-corrected chi connectivity index (χ1v) is 7.97. The van der Waals surface area contributed by atoms with E-state index in [0.717, 1.165) is 6.42 Å². The Morgan fingerprint density at radius 1 is 1.15 bits per heavy atom. The zero-order valence-electron chi connectivity index (χ0n) is 7.20. The van der Waals surface area contributed by atoms with Crippen LogP contribution in [0.5, 0.6) is 0 Å². The summed E-state index contributed by atoms with van der Waals surface area (Å²) in [6.07, 6.45) is 7.97. The first-order valence-electron chi connectivity index (χ1n) is 4.49. The van der Waals surface area contributed by atoms with E-state index in [-0.39, 0.29) is 0 Å². The van der Waals surface area contributed by atoms with Crippen LogP contribution in [0.2, 0.25) is 0 Å². The molecule has 1 aliphatic carbocycles. The summed E-state index contributed by atoms with van der Waals surface area (Å²) in [4.78, 5) is 0. The average Bonchev–Trinajstić information content (AvgIpc) is 2.56. The van der Waals surface area contributed by atoms with Crippen molar-refractivity contribution in [1.29, 1.82) is 0 Å². The van der Waals surface area contributed by atoms with Crippen molar-refractivity contribution in [3.63, 3.8) is 0 Å². The van der Waals surface area contributed by atoms with Crippen LogP contribution in [0.4, 0.5) is 0 Å². The van der Waals surface area contributed by atoms with Crippen LogP contribution in [0.15, 0.2) is 45.8 Å². The molecule has 0 aromatic heterocycles. The molecule has 0 N–H and O–H groups in total. The zero-order chi connectivity index (χ0) is 8.67. The predicted molar refractivity (Wildman–Crippen MR) is 55.9 cm³/mol. The molecule has 0 fully saturated rings. The Hall–Kier alpha value is -0.547. The van der Waals surface area contributed by atoms with E-state index < -0.39 is 22.8 Å². The van der Waals surface area contributed by atoms with Crippen molar-refractivity contribution in [2.45, 2.75) is 6.42 Å². The van der Waals surface area contributed by atoms with Crippen molar-refractivity contribution < 1.29 is 0 Å². The standard InChI is InChI=1S/C12H9.Bi/c1-3-7-11(8-4-1)12-9-5-2-6-10-12;/h1-7H,9H2;. The molecule has 0 nitrogen and oxygen atoms in total. The molecule has 1 aliphatic heterocycles. The number of benzene rings is 1. The van der Waals surface area contributed by atoms with Crippen LogP contribution in [0.3, 0.4) is 0 Å². The van der Waals surface area contributed by atoms with E-state index in [1.54, 1.807) is 16.9 Å². The molecule has 62 valence electrons. The van der Waals surface area contributed by atoms with Gasteiger partial charge in [-0.15, -0.1) is 0 Å². The van der Waals surface area contributed by atoms with Crippen molar-refractivity contribution >= 4 is 28.3 Å². The molecule has 1 heteroatoms. The third-order valence-electron chi connectivity index (χ3n) is 2.49. The summed E-state index contributed by atoms with van der Waals surface area (Å²) in [6.45, 7) is 0. The van der Waals surface area contributed by atoms with Crippen LogP contribution in [-0.2, 0) is 0 Å². The number of rotatable bonds is 0. The Bertz CT molecular complexity index is 532. The van der Waals surface area contributed by atoms with Gasteiger partial charge in [-0.25, -0.2) is 0 Å². The van der Waals surface area contributed by atoms with E-state index in [9.17, 15) is 0 Å². The Morgan fingerprint density at radius 3 is 3.08 bits per heavy atom. The Kier molecular flexibility index (Phi) is 1.80. The summed E-state index contributed by atoms with van der Waals surface area (Å²) < 4.78 is 3.37. The molecule has 1 aromatic carbocycles. The number of hydrogen-bond donors (Lipinski definition) is 0. The van der Waals surface area contributed by atoms with E-state index in [4.69, 9.17) is 0 Å². The van der Waals surface area contributed by atoms with E-state index >= 15 is 0 Å². The SMILES string of the molecule is C1=CCC2=c3cccc[c]3=[Bi][C]2=C1. The predicted octanol–water partition coefficient (Wildman–Crippen LogP) is 1.65. The first-order chi connectivity index (χ1) is 6.45. The molecule has 3 rings (SSSR count). The van der Waals surface area contributed by atoms with E-state index in [0.29, 0.717) is 0 Å². The van der Waals surface area contributed by atoms with Crippen LogP contribution in [0.25, 0.3) is 5.57 Å². The van der Waals surface area contributed by atoms with Gasteiger partial charge in [0.25, 0.3) is 0 Å². The van der Waals surface area contributed by atoms with Crippen molar-refractivity contribution in [2.75, 3.05) is 0 Å². The van der Waals surface area contributed by atoms with Crippen molar-refractivity contribution in [1.82, 2.24) is 0 Å². The summed E-state index contributed by atoms with van der Waals surface area (Å²) in [5, 5.41) is 1.55. The van der Waals surface area contributed by atoms with E-state index in [1.807, 2.05) is 0 Å². The summed E-state index contributed by atoms with van der Waals surface area (Å²) in [5.74, 6) is 0. The molecule has 2 aliphatic rings. The normalized spacial score (nSPS) is 17.5. The van der Waals surface area contributed by atoms with Gasteiger partial charge in [-0.05, 0) is 0 Å². The minimum atomic E-state index is -0.508. The van der Waals surface area contributed by atoms with Gasteiger partial charge >= 0.3 is 88.6 Å².